The molecular formula is C46H80O13. The molecule has 0 aromatic heterocycles. The van der Waals surface area contributed by atoms with Gasteiger partial charge in [0.2, 0.25) is 0 Å². The van der Waals surface area contributed by atoms with Crippen molar-refractivity contribution in [2.45, 2.75) is 168 Å². The molecule has 5 rings (SSSR count). The largest absolute Gasteiger partial charge is 0.462 e. The normalized spacial score (nSPS) is 29.1. The molecule has 0 aromatic carbocycles. The van der Waals surface area contributed by atoms with Gasteiger partial charge in [-0.3, -0.25) is 0 Å². The summed E-state index contributed by atoms with van der Waals surface area (Å²) >= 11 is 0. The van der Waals surface area contributed by atoms with Gasteiger partial charge in [-0.15, -0.1) is 0 Å². The van der Waals surface area contributed by atoms with E-state index in [9.17, 15) is 19.2 Å². The first-order valence-corrected chi connectivity index (χ1v) is 21.1. The Morgan fingerprint density at radius 1 is 0.424 bits per heavy atom. The summed E-state index contributed by atoms with van der Waals surface area (Å²) < 4.78 is 21.8. The van der Waals surface area contributed by atoms with E-state index >= 15 is 0 Å². The van der Waals surface area contributed by atoms with Gasteiger partial charge in [0.15, 0.2) is 0 Å². The van der Waals surface area contributed by atoms with Gasteiger partial charge >= 0.3 is 23.9 Å². The van der Waals surface area contributed by atoms with Gasteiger partial charge in [0, 0.05) is 22.3 Å². The second-order valence-corrected chi connectivity index (χ2v) is 17.6. The third kappa shape index (κ3) is 18.0. The third-order valence-electron chi connectivity index (χ3n) is 13.2. The monoisotopic (exact) mass is 841 g/mol. The summed E-state index contributed by atoms with van der Waals surface area (Å²) in [6, 6.07) is 0. The first-order valence-electron chi connectivity index (χ1n) is 21.1. The summed E-state index contributed by atoms with van der Waals surface area (Å²) in [6.45, 7) is 21.9. The topological polar surface area (TPSA) is 263 Å². The molecule has 0 amide bonds. The molecule has 0 heterocycles. The molecule has 10 N–H and O–H groups in total. The van der Waals surface area contributed by atoms with Crippen molar-refractivity contribution in [2.75, 3.05) is 6.61 Å². The predicted octanol–water partition coefficient (Wildman–Crippen LogP) is 6.23. The predicted molar refractivity (Wildman–Crippen MR) is 230 cm³/mol. The van der Waals surface area contributed by atoms with Crippen molar-refractivity contribution in [1.82, 2.24) is 0 Å². The summed E-state index contributed by atoms with van der Waals surface area (Å²) in [5.74, 6) is 4.59. The van der Waals surface area contributed by atoms with Crippen LogP contribution in [0.15, 0.2) is 48.6 Å². The van der Waals surface area contributed by atoms with Crippen molar-refractivity contribution >= 4 is 23.9 Å². The van der Waals surface area contributed by atoms with Crippen molar-refractivity contribution in [3.05, 3.63) is 48.6 Å². The number of ether oxygens (including phenoxy) is 4. The van der Waals surface area contributed by atoms with Crippen molar-refractivity contribution in [3.8, 4) is 0 Å². The Balaban J connectivity index is 0. The maximum Gasteiger partial charge on any atom is 0.333 e. The van der Waals surface area contributed by atoms with Crippen LogP contribution in [0, 0.1) is 41.4 Å². The smallest absolute Gasteiger partial charge is 0.333 e. The standard InChI is InChI=1S/C26H40O4.C20H30O4.5H2O/c1-17(2)25(27)29-14-6-5-7-19-8-12-23-20(15-19)9-10-21-16-22(11-13-24(21)23)30-26(28)18(3)4;1-13(2)19(21)23-17-9-5-15(6-10-17)16-7-11-18(12-8-16)24-20(22)14(3)4;;;;;/h19-24H,1,3,5-16H2,2,4H3;15-18H,1,3,5-12H2,2,4H3;5*1H2. The van der Waals surface area contributed by atoms with E-state index in [-0.39, 0.29) is 69.6 Å². The molecule has 0 aliphatic heterocycles. The highest BCUT2D eigenvalue weighted by atomic mass is 16.6. The fourth-order valence-electron chi connectivity index (χ4n) is 10.2. The lowest BCUT2D eigenvalue weighted by Crippen LogP contribution is -2.43. The van der Waals surface area contributed by atoms with Crippen molar-refractivity contribution < 1.29 is 65.5 Å². The molecular weight excluding hydrogens is 760 g/mol. The Morgan fingerprint density at radius 3 is 1.20 bits per heavy atom. The lowest BCUT2D eigenvalue weighted by molar-refractivity contribution is -0.149. The van der Waals surface area contributed by atoms with Gasteiger partial charge in [-0.2, -0.15) is 0 Å². The molecule has 0 radical (unpaired) electrons. The number of rotatable bonds is 13. The van der Waals surface area contributed by atoms with E-state index in [0.717, 1.165) is 107 Å². The van der Waals surface area contributed by atoms with Crippen molar-refractivity contribution in [3.63, 3.8) is 0 Å². The Bertz CT molecular complexity index is 1310. The number of hydrogen-bond acceptors (Lipinski definition) is 8. The maximum absolute atomic E-state index is 11.9. The minimum absolute atomic E-state index is 0. The summed E-state index contributed by atoms with van der Waals surface area (Å²) in [5.41, 5.74) is 1.93. The molecule has 6 atom stereocenters. The van der Waals surface area contributed by atoms with Crippen molar-refractivity contribution in [2.24, 2.45) is 41.4 Å². The van der Waals surface area contributed by atoms with Crippen LogP contribution in [0.2, 0.25) is 0 Å². The molecule has 5 saturated carbocycles. The summed E-state index contributed by atoms with van der Waals surface area (Å²) in [5, 5.41) is 0. The van der Waals surface area contributed by atoms with Gasteiger partial charge in [0.1, 0.15) is 18.3 Å². The van der Waals surface area contributed by atoms with Gasteiger partial charge in [-0.25, -0.2) is 19.2 Å². The second kappa shape index (κ2) is 28.2. The Morgan fingerprint density at radius 2 is 0.780 bits per heavy atom. The number of unbranched alkanes of at least 4 members (excludes halogenated alkanes) is 1. The molecule has 5 aliphatic rings. The van der Waals surface area contributed by atoms with E-state index in [0.29, 0.717) is 40.7 Å². The zero-order valence-corrected chi connectivity index (χ0v) is 36.5. The van der Waals surface area contributed by atoms with Gasteiger partial charge in [-0.1, -0.05) is 39.2 Å². The van der Waals surface area contributed by atoms with E-state index in [1.807, 2.05) is 0 Å². The van der Waals surface area contributed by atoms with E-state index in [1.165, 1.54) is 44.9 Å². The quantitative estimate of drug-likeness (QED) is 0.0886. The zero-order valence-electron chi connectivity index (χ0n) is 36.5. The van der Waals surface area contributed by atoms with Gasteiger partial charge < -0.3 is 46.3 Å². The van der Waals surface area contributed by atoms with Gasteiger partial charge in [-0.05, 0) is 178 Å². The number of hydrogen-bond donors (Lipinski definition) is 0. The molecule has 13 nitrogen and oxygen atoms in total. The molecule has 0 bridgehead atoms. The SMILES string of the molecule is C=C(C)C(=O)OC1CCC(C2CCC(OC(=O)C(=C)C)CC2)CC1.C=C(C)C(=O)OCCCCC1CCC2C(CCC3CC(OC(=O)C(=C)C)CCC32)C1.O.O.O.O.O. The second-order valence-electron chi connectivity index (χ2n) is 17.6. The average molecular weight is 841 g/mol. The van der Waals surface area contributed by atoms with Crippen LogP contribution in [0.4, 0.5) is 0 Å². The van der Waals surface area contributed by atoms with Gasteiger partial charge in [0.25, 0.3) is 0 Å². The first-order chi connectivity index (χ1) is 25.7. The van der Waals surface area contributed by atoms with Crippen LogP contribution in [-0.2, 0) is 38.1 Å². The highest BCUT2D eigenvalue weighted by molar-refractivity contribution is 5.88. The Kier molecular flexibility index (Phi) is 27.6. The molecule has 342 valence electrons. The molecule has 59 heavy (non-hydrogen) atoms. The van der Waals surface area contributed by atoms with E-state index in [2.05, 4.69) is 26.3 Å². The number of carbonyl (C=O) groups is 4. The van der Waals surface area contributed by atoms with E-state index < -0.39 is 0 Å². The first kappa shape index (κ1) is 57.7. The number of carbonyl (C=O) groups excluding carboxylic acids is 4. The highest BCUT2D eigenvalue weighted by Crippen LogP contribution is 2.53. The fraction of sp³-hybridized carbons (Fsp3) is 0.739. The van der Waals surface area contributed by atoms with E-state index in [4.69, 9.17) is 18.9 Å². The summed E-state index contributed by atoms with van der Waals surface area (Å²) in [7, 11) is 0. The van der Waals surface area contributed by atoms with Crippen LogP contribution in [-0.4, -0.2) is 76.2 Å². The van der Waals surface area contributed by atoms with Crippen LogP contribution in [0.5, 0.6) is 0 Å². The molecule has 5 fully saturated rings. The number of esters is 4. The maximum atomic E-state index is 11.9. The molecule has 5 aliphatic carbocycles. The summed E-state index contributed by atoms with van der Waals surface area (Å²) in [4.78, 5) is 46.5. The highest BCUT2D eigenvalue weighted by Gasteiger charge is 2.45. The Hall–Kier alpha value is -3.36. The number of fused-ring (bicyclic) bond motifs is 3. The fourth-order valence-corrected chi connectivity index (χ4v) is 10.2. The lowest BCUT2D eigenvalue weighted by Gasteiger charge is -2.50. The average Bonchev–Trinajstić information content (AvgIpc) is 3.15. The van der Waals surface area contributed by atoms with Crippen LogP contribution < -0.4 is 0 Å². The molecule has 0 saturated heterocycles. The van der Waals surface area contributed by atoms with Crippen LogP contribution in [0.25, 0.3) is 0 Å². The molecule has 0 aromatic rings. The van der Waals surface area contributed by atoms with Crippen LogP contribution >= 0.6 is 0 Å². The van der Waals surface area contributed by atoms with Crippen LogP contribution in [0.1, 0.15) is 150 Å². The van der Waals surface area contributed by atoms with Gasteiger partial charge in [0.05, 0.1) is 6.61 Å². The van der Waals surface area contributed by atoms with E-state index in [1.54, 1.807) is 27.7 Å². The molecule has 0 spiro atoms. The van der Waals surface area contributed by atoms with Crippen molar-refractivity contribution in [1.29, 1.82) is 0 Å². The summed E-state index contributed by atoms with van der Waals surface area (Å²) in [6.07, 6.45) is 21.9. The van der Waals surface area contributed by atoms with Crippen LogP contribution in [0.3, 0.4) is 0 Å². The minimum Gasteiger partial charge on any atom is -0.462 e. The molecule has 13 heteroatoms. The zero-order chi connectivity index (χ0) is 39.4. The minimum atomic E-state index is -0.267. The lowest BCUT2D eigenvalue weighted by atomic mass is 9.56. The third-order valence-corrected chi connectivity index (χ3v) is 13.2. The molecule has 6 unspecified atom stereocenters. The Labute approximate surface area is 353 Å².